The molecular weight excluding hydrogens is 174 g/mol. The third-order valence-corrected chi connectivity index (χ3v) is 1.84. The average Bonchev–Trinajstić information content (AvgIpc) is 2.66. The number of hydrogen-bond acceptors (Lipinski definition) is 5. The molecule has 6 nitrogen and oxygen atoms in total. The van der Waals surface area contributed by atoms with E-state index in [0.717, 1.165) is 4.90 Å². The summed E-state index contributed by atoms with van der Waals surface area (Å²) < 4.78 is 4.63. The maximum Gasteiger partial charge on any atom is 0.300 e. The maximum absolute atomic E-state index is 11.4. The molecule has 0 fully saturated rings. The predicted molar refractivity (Wildman–Crippen MR) is 40.9 cm³/mol. The van der Waals surface area contributed by atoms with Crippen LogP contribution in [0.4, 0.5) is 0 Å². The summed E-state index contributed by atoms with van der Waals surface area (Å²) >= 11 is 0. The minimum absolute atomic E-state index is 0.0125. The van der Waals surface area contributed by atoms with E-state index in [9.17, 15) is 9.59 Å². The largest absolute Gasteiger partial charge is 0.350 e. The summed E-state index contributed by atoms with van der Waals surface area (Å²) in [7, 11) is 0. The number of nitrogens with zero attached hydrogens (tertiary/aromatic N) is 2. The Bertz CT molecular complexity index is 340. The lowest BCUT2D eigenvalue weighted by atomic mass is 10.3. The smallest absolute Gasteiger partial charge is 0.300 e. The van der Waals surface area contributed by atoms with Crippen LogP contribution >= 0.6 is 0 Å². The van der Waals surface area contributed by atoms with E-state index in [4.69, 9.17) is 5.73 Å². The Morgan fingerprint density at radius 3 is 2.85 bits per heavy atom. The van der Waals surface area contributed by atoms with Crippen LogP contribution < -0.4 is 5.73 Å². The van der Waals surface area contributed by atoms with Crippen LogP contribution in [0.3, 0.4) is 0 Å². The monoisotopic (exact) mass is 181 g/mol. The van der Waals surface area contributed by atoms with Crippen molar-refractivity contribution in [3.63, 3.8) is 0 Å². The molecule has 2 amide bonds. The zero-order valence-corrected chi connectivity index (χ0v) is 6.69. The first kappa shape index (κ1) is 7.93. The summed E-state index contributed by atoms with van der Waals surface area (Å²) in [4.78, 5) is 23.8. The van der Waals surface area contributed by atoms with Crippen LogP contribution in [0, 0.1) is 0 Å². The van der Waals surface area contributed by atoms with Crippen molar-refractivity contribution in [2.75, 3.05) is 13.1 Å². The number of nitrogens with two attached hydrogens (primary N) is 1. The van der Waals surface area contributed by atoms with Crippen LogP contribution in [-0.4, -0.2) is 35.0 Å². The molecule has 0 saturated heterocycles. The highest BCUT2D eigenvalue weighted by atomic mass is 16.5. The van der Waals surface area contributed by atoms with Gasteiger partial charge in [-0.2, -0.15) is 0 Å². The fourth-order valence-electron chi connectivity index (χ4n) is 1.24. The van der Waals surface area contributed by atoms with Crippen molar-refractivity contribution in [3.8, 4) is 0 Å². The molecule has 1 aliphatic rings. The highest BCUT2D eigenvalue weighted by Gasteiger charge is 2.39. The topological polar surface area (TPSA) is 89.4 Å². The highest BCUT2D eigenvalue weighted by Crippen LogP contribution is 2.21. The second kappa shape index (κ2) is 2.67. The summed E-state index contributed by atoms with van der Waals surface area (Å²) in [5.41, 5.74) is 5.46. The Kier molecular flexibility index (Phi) is 1.63. The van der Waals surface area contributed by atoms with E-state index in [1.165, 1.54) is 6.20 Å². The van der Waals surface area contributed by atoms with Gasteiger partial charge in [0.25, 0.3) is 11.8 Å². The molecule has 2 heterocycles. The lowest BCUT2D eigenvalue weighted by Gasteiger charge is -2.10. The standard InChI is InChI=1S/C7H7N3O3/c8-1-2-10-6(11)4-3-9-13-5(4)7(10)12/h3H,1-2,8H2. The number of amides is 2. The van der Waals surface area contributed by atoms with E-state index in [1.807, 2.05) is 0 Å². The molecule has 13 heavy (non-hydrogen) atoms. The molecule has 1 aromatic heterocycles. The van der Waals surface area contributed by atoms with Crippen molar-refractivity contribution in [3.05, 3.63) is 17.5 Å². The molecule has 0 spiro atoms. The molecule has 2 rings (SSSR count). The molecule has 2 N–H and O–H groups in total. The zero-order chi connectivity index (χ0) is 9.42. The molecular formula is C7H7N3O3. The lowest BCUT2D eigenvalue weighted by Crippen LogP contribution is -2.34. The first-order valence-corrected chi connectivity index (χ1v) is 3.76. The summed E-state index contributed by atoms with van der Waals surface area (Å²) in [6.45, 7) is 0.455. The van der Waals surface area contributed by atoms with Gasteiger partial charge in [-0.25, -0.2) is 0 Å². The number of carbonyl (C=O) groups excluding carboxylic acids is 2. The van der Waals surface area contributed by atoms with E-state index in [1.54, 1.807) is 0 Å². The molecule has 1 aliphatic heterocycles. The summed E-state index contributed by atoms with van der Waals surface area (Å²) in [5, 5.41) is 3.36. The number of hydrogen-bond donors (Lipinski definition) is 1. The third kappa shape index (κ3) is 0.955. The number of fused-ring (bicyclic) bond motifs is 1. The first-order valence-electron chi connectivity index (χ1n) is 3.76. The summed E-state index contributed by atoms with van der Waals surface area (Å²) in [6.07, 6.45) is 1.24. The molecule has 0 saturated carbocycles. The molecule has 68 valence electrons. The van der Waals surface area contributed by atoms with Crippen LogP contribution in [0.25, 0.3) is 0 Å². The number of rotatable bonds is 2. The SMILES string of the molecule is NCCN1C(=O)c2cnoc2C1=O. The van der Waals surface area contributed by atoms with Gasteiger partial charge in [0.2, 0.25) is 5.76 Å². The average molecular weight is 181 g/mol. The Labute approximate surface area is 73.3 Å². The van der Waals surface area contributed by atoms with E-state index in [0.29, 0.717) is 0 Å². The van der Waals surface area contributed by atoms with Gasteiger partial charge in [-0.1, -0.05) is 5.16 Å². The van der Waals surface area contributed by atoms with Gasteiger partial charge < -0.3 is 10.3 Å². The summed E-state index contributed by atoms with van der Waals surface area (Å²) in [6, 6.07) is 0. The van der Waals surface area contributed by atoms with Crippen LogP contribution in [0.2, 0.25) is 0 Å². The predicted octanol–water partition coefficient (Wildman–Crippen LogP) is -0.771. The quantitative estimate of drug-likeness (QED) is 0.605. The highest BCUT2D eigenvalue weighted by molar-refractivity contribution is 6.19. The van der Waals surface area contributed by atoms with Crippen molar-refractivity contribution in [1.82, 2.24) is 10.1 Å². The van der Waals surface area contributed by atoms with E-state index >= 15 is 0 Å². The van der Waals surface area contributed by atoms with E-state index < -0.39 is 5.91 Å². The molecule has 0 aliphatic carbocycles. The second-order valence-electron chi connectivity index (χ2n) is 2.62. The number of imide groups is 1. The Hall–Kier alpha value is -1.69. The van der Waals surface area contributed by atoms with Crippen molar-refractivity contribution in [2.45, 2.75) is 0 Å². The molecule has 0 bridgehead atoms. The lowest BCUT2D eigenvalue weighted by molar-refractivity contribution is 0.0639. The van der Waals surface area contributed by atoms with Gasteiger partial charge in [-0.3, -0.25) is 14.5 Å². The van der Waals surface area contributed by atoms with E-state index in [2.05, 4.69) is 9.68 Å². The van der Waals surface area contributed by atoms with Gasteiger partial charge >= 0.3 is 0 Å². The van der Waals surface area contributed by atoms with Gasteiger partial charge in [-0.05, 0) is 0 Å². The van der Waals surface area contributed by atoms with E-state index in [-0.39, 0.29) is 30.3 Å². The van der Waals surface area contributed by atoms with Gasteiger partial charge in [0, 0.05) is 13.1 Å². The minimum atomic E-state index is -0.456. The molecule has 0 radical (unpaired) electrons. The summed E-state index contributed by atoms with van der Waals surface area (Å²) in [5.74, 6) is -0.826. The second-order valence-corrected chi connectivity index (χ2v) is 2.62. The Morgan fingerprint density at radius 1 is 1.46 bits per heavy atom. The van der Waals surface area contributed by atoms with Crippen LogP contribution in [0.5, 0.6) is 0 Å². The van der Waals surface area contributed by atoms with Crippen molar-refractivity contribution >= 4 is 11.8 Å². The van der Waals surface area contributed by atoms with Gasteiger partial charge in [-0.15, -0.1) is 0 Å². The molecule has 0 aromatic carbocycles. The van der Waals surface area contributed by atoms with Crippen LogP contribution in [-0.2, 0) is 0 Å². The Morgan fingerprint density at radius 2 is 2.23 bits per heavy atom. The first-order chi connectivity index (χ1) is 6.25. The van der Waals surface area contributed by atoms with Crippen LogP contribution in [0.1, 0.15) is 20.9 Å². The molecule has 0 atom stereocenters. The number of aromatic nitrogens is 1. The Balaban J connectivity index is 2.37. The van der Waals surface area contributed by atoms with Crippen molar-refractivity contribution < 1.29 is 14.1 Å². The molecule has 1 aromatic rings. The fourth-order valence-corrected chi connectivity index (χ4v) is 1.24. The van der Waals surface area contributed by atoms with Crippen LogP contribution in [0.15, 0.2) is 10.7 Å². The fraction of sp³-hybridized carbons (Fsp3) is 0.286. The zero-order valence-electron chi connectivity index (χ0n) is 6.69. The normalized spacial score (nSPS) is 15.3. The molecule has 0 unspecified atom stereocenters. The minimum Gasteiger partial charge on any atom is -0.350 e. The van der Waals surface area contributed by atoms with Crippen molar-refractivity contribution in [1.29, 1.82) is 0 Å². The number of carbonyl (C=O) groups is 2. The van der Waals surface area contributed by atoms with Gasteiger partial charge in [0.15, 0.2) is 0 Å². The maximum atomic E-state index is 11.4. The van der Waals surface area contributed by atoms with Crippen molar-refractivity contribution in [2.24, 2.45) is 5.73 Å². The third-order valence-electron chi connectivity index (χ3n) is 1.84. The molecule has 6 heteroatoms. The van der Waals surface area contributed by atoms with Gasteiger partial charge in [0.05, 0.1) is 6.20 Å². The van der Waals surface area contributed by atoms with Gasteiger partial charge in [0.1, 0.15) is 5.56 Å².